The van der Waals surface area contributed by atoms with E-state index < -0.39 is 4.92 Å². The van der Waals surface area contributed by atoms with Crippen LogP contribution in [0.5, 0.6) is 11.5 Å². The Morgan fingerprint density at radius 1 is 1.20 bits per heavy atom. The van der Waals surface area contributed by atoms with E-state index in [0.717, 1.165) is 5.75 Å². The lowest BCUT2D eigenvalue weighted by atomic mass is 10.1. The quantitative estimate of drug-likeness (QED) is 0.615. The van der Waals surface area contributed by atoms with Gasteiger partial charge in [0.2, 0.25) is 0 Å². The van der Waals surface area contributed by atoms with E-state index in [-0.39, 0.29) is 29.8 Å². The first kappa shape index (κ1) is 18.3. The summed E-state index contributed by atoms with van der Waals surface area (Å²) in [4.78, 5) is 22.7. The number of carbonyl (C=O) groups excluding carboxylic acids is 1. The van der Waals surface area contributed by atoms with Crippen LogP contribution in [0, 0.1) is 17.0 Å². The third kappa shape index (κ3) is 4.94. The summed E-state index contributed by atoms with van der Waals surface area (Å²) in [5, 5.41) is 13.7. The monoisotopic (exact) mass is 344 g/mol. The first-order valence-electron chi connectivity index (χ1n) is 7.73. The van der Waals surface area contributed by atoms with Gasteiger partial charge in [-0.05, 0) is 44.2 Å². The van der Waals surface area contributed by atoms with Crippen LogP contribution in [0.2, 0.25) is 0 Å². The van der Waals surface area contributed by atoms with Gasteiger partial charge in [-0.25, -0.2) is 0 Å². The van der Waals surface area contributed by atoms with Gasteiger partial charge in [-0.2, -0.15) is 0 Å². The van der Waals surface area contributed by atoms with Crippen molar-refractivity contribution in [2.75, 3.05) is 13.7 Å². The second-order valence-corrected chi connectivity index (χ2v) is 5.62. The average molecular weight is 344 g/mol. The molecule has 0 aromatic heterocycles. The number of ether oxygens (including phenoxy) is 2. The number of rotatable bonds is 7. The van der Waals surface area contributed by atoms with Gasteiger partial charge in [-0.15, -0.1) is 0 Å². The molecule has 1 atom stereocenters. The van der Waals surface area contributed by atoms with Crippen molar-refractivity contribution in [1.82, 2.24) is 5.32 Å². The molecule has 0 aliphatic carbocycles. The average Bonchev–Trinajstić information content (AvgIpc) is 2.60. The van der Waals surface area contributed by atoms with E-state index in [1.165, 1.54) is 6.07 Å². The minimum atomic E-state index is -0.498. The third-order valence-corrected chi connectivity index (χ3v) is 3.60. The summed E-state index contributed by atoms with van der Waals surface area (Å²) in [6.07, 6.45) is 0. The highest BCUT2D eigenvalue weighted by molar-refractivity contribution is 5.95. The molecular formula is C18H20N2O5. The second kappa shape index (κ2) is 8.14. The second-order valence-electron chi connectivity index (χ2n) is 5.62. The molecule has 2 aromatic rings. The molecule has 2 aromatic carbocycles. The van der Waals surface area contributed by atoms with Crippen molar-refractivity contribution in [3.05, 3.63) is 63.7 Å². The molecule has 1 N–H and O–H groups in total. The zero-order valence-electron chi connectivity index (χ0n) is 14.3. The van der Waals surface area contributed by atoms with E-state index >= 15 is 0 Å². The van der Waals surface area contributed by atoms with Crippen LogP contribution in [-0.4, -0.2) is 30.6 Å². The number of nitro groups is 1. The lowest BCUT2D eigenvalue weighted by Gasteiger charge is -2.15. The highest BCUT2D eigenvalue weighted by Gasteiger charge is 2.16. The molecule has 0 spiro atoms. The highest BCUT2D eigenvalue weighted by Crippen LogP contribution is 2.19. The summed E-state index contributed by atoms with van der Waals surface area (Å²) in [7, 11) is 1.59. The maximum atomic E-state index is 12.2. The van der Waals surface area contributed by atoms with Gasteiger partial charge >= 0.3 is 0 Å². The minimum Gasteiger partial charge on any atom is -0.497 e. The van der Waals surface area contributed by atoms with Crippen molar-refractivity contribution in [2.45, 2.75) is 19.9 Å². The van der Waals surface area contributed by atoms with Crippen LogP contribution in [0.3, 0.4) is 0 Å². The molecule has 7 heteroatoms. The molecule has 0 heterocycles. The number of methoxy groups -OCH3 is 1. The summed E-state index contributed by atoms with van der Waals surface area (Å²) < 4.78 is 10.7. The fourth-order valence-corrected chi connectivity index (χ4v) is 2.19. The maximum absolute atomic E-state index is 12.2. The highest BCUT2D eigenvalue weighted by atomic mass is 16.6. The first-order valence-corrected chi connectivity index (χ1v) is 7.73. The zero-order chi connectivity index (χ0) is 18.4. The number of hydrogen-bond donors (Lipinski definition) is 1. The Balaban J connectivity index is 1.93. The number of nitrogens with zero attached hydrogens (tertiary/aromatic N) is 1. The number of nitrogens with one attached hydrogen (secondary N) is 1. The van der Waals surface area contributed by atoms with Gasteiger partial charge in [0.15, 0.2) is 0 Å². The molecule has 7 nitrogen and oxygen atoms in total. The van der Waals surface area contributed by atoms with Crippen LogP contribution in [0.15, 0.2) is 42.5 Å². The van der Waals surface area contributed by atoms with Crippen LogP contribution in [0.1, 0.15) is 22.8 Å². The Labute approximate surface area is 145 Å². The lowest BCUT2D eigenvalue weighted by molar-refractivity contribution is -0.385. The van der Waals surface area contributed by atoms with E-state index in [1.807, 2.05) is 0 Å². The molecule has 0 saturated heterocycles. The van der Waals surface area contributed by atoms with Gasteiger partial charge in [0.1, 0.15) is 18.1 Å². The Kier molecular flexibility index (Phi) is 5.94. The van der Waals surface area contributed by atoms with Crippen molar-refractivity contribution in [1.29, 1.82) is 0 Å². The number of carbonyl (C=O) groups is 1. The van der Waals surface area contributed by atoms with Crippen LogP contribution in [-0.2, 0) is 0 Å². The molecule has 132 valence electrons. The van der Waals surface area contributed by atoms with Crippen molar-refractivity contribution in [3.8, 4) is 11.5 Å². The smallest absolute Gasteiger partial charge is 0.273 e. The predicted molar refractivity (Wildman–Crippen MR) is 93.3 cm³/mol. The molecule has 0 fully saturated rings. The maximum Gasteiger partial charge on any atom is 0.273 e. The normalized spacial score (nSPS) is 11.5. The van der Waals surface area contributed by atoms with Crippen molar-refractivity contribution < 1.29 is 19.2 Å². The molecule has 0 bridgehead atoms. The molecule has 0 aliphatic heterocycles. The van der Waals surface area contributed by atoms with Crippen molar-refractivity contribution in [3.63, 3.8) is 0 Å². The molecule has 1 amide bonds. The summed E-state index contributed by atoms with van der Waals surface area (Å²) in [6, 6.07) is 11.2. The molecule has 0 saturated carbocycles. The van der Waals surface area contributed by atoms with E-state index in [2.05, 4.69) is 5.32 Å². The molecule has 25 heavy (non-hydrogen) atoms. The minimum absolute atomic E-state index is 0.0743. The number of amides is 1. The standard InChI is InChI=1S/C18H20N2O5/c1-12-4-5-14(10-17(12)20(22)23)18(21)19-13(2)11-25-16-8-6-15(24-3)7-9-16/h4-10,13H,11H2,1-3H3,(H,19,21)/t13-/m0/s1. The fraction of sp³-hybridized carbons (Fsp3) is 0.278. The predicted octanol–water partition coefficient (Wildman–Crippen LogP) is 3.11. The Hall–Kier alpha value is -3.09. The number of hydrogen-bond acceptors (Lipinski definition) is 5. The van der Waals surface area contributed by atoms with Crippen molar-refractivity contribution >= 4 is 11.6 Å². The van der Waals surface area contributed by atoms with Gasteiger partial charge in [0.25, 0.3) is 11.6 Å². The summed E-state index contributed by atoms with van der Waals surface area (Å²) >= 11 is 0. The molecule has 0 unspecified atom stereocenters. The van der Waals surface area contributed by atoms with E-state index in [9.17, 15) is 14.9 Å². The molecule has 2 rings (SSSR count). The fourth-order valence-electron chi connectivity index (χ4n) is 2.19. The van der Waals surface area contributed by atoms with Gasteiger partial charge in [0.05, 0.1) is 18.1 Å². The summed E-state index contributed by atoms with van der Waals surface area (Å²) in [6.45, 7) is 3.70. The van der Waals surface area contributed by atoms with Crippen LogP contribution in [0.4, 0.5) is 5.69 Å². The zero-order valence-corrected chi connectivity index (χ0v) is 14.3. The Morgan fingerprint density at radius 2 is 1.84 bits per heavy atom. The SMILES string of the molecule is COc1ccc(OC[C@H](C)NC(=O)c2ccc(C)c([N+](=O)[O-])c2)cc1. The van der Waals surface area contributed by atoms with E-state index in [4.69, 9.17) is 9.47 Å². The van der Waals surface area contributed by atoms with Crippen LogP contribution in [0.25, 0.3) is 0 Å². The Bertz CT molecular complexity index is 759. The van der Waals surface area contributed by atoms with Crippen LogP contribution >= 0.6 is 0 Å². The number of nitro benzene ring substituents is 1. The van der Waals surface area contributed by atoms with E-state index in [1.54, 1.807) is 57.4 Å². The number of benzene rings is 2. The number of aryl methyl sites for hydroxylation is 1. The third-order valence-electron chi connectivity index (χ3n) is 3.60. The van der Waals surface area contributed by atoms with Crippen LogP contribution < -0.4 is 14.8 Å². The van der Waals surface area contributed by atoms with Gasteiger partial charge < -0.3 is 14.8 Å². The largest absolute Gasteiger partial charge is 0.497 e. The Morgan fingerprint density at radius 3 is 2.44 bits per heavy atom. The molecule has 0 aliphatic rings. The summed E-state index contributed by atoms with van der Waals surface area (Å²) in [5.74, 6) is 1.01. The topological polar surface area (TPSA) is 90.7 Å². The molecule has 0 radical (unpaired) electrons. The first-order chi connectivity index (χ1) is 11.9. The van der Waals surface area contributed by atoms with Gasteiger partial charge in [-0.3, -0.25) is 14.9 Å². The molecular weight excluding hydrogens is 324 g/mol. The van der Waals surface area contributed by atoms with Crippen molar-refractivity contribution in [2.24, 2.45) is 0 Å². The lowest BCUT2D eigenvalue weighted by Crippen LogP contribution is -2.36. The van der Waals surface area contributed by atoms with Gasteiger partial charge in [0, 0.05) is 17.2 Å². The van der Waals surface area contributed by atoms with E-state index in [0.29, 0.717) is 11.3 Å². The summed E-state index contributed by atoms with van der Waals surface area (Å²) in [5.41, 5.74) is 0.681. The van der Waals surface area contributed by atoms with Gasteiger partial charge in [-0.1, -0.05) is 6.07 Å².